The molecule has 1 aromatic heterocycles. The van der Waals surface area contributed by atoms with E-state index >= 15 is 0 Å². The number of allylic oxidation sites excluding steroid dienone is 1. The van der Waals surface area contributed by atoms with Gasteiger partial charge in [-0.15, -0.1) is 6.58 Å². The molecule has 108 valence electrons. The van der Waals surface area contributed by atoms with Crippen LogP contribution in [0.25, 0.3) is 0 Å². The SMILES string of the molecule is C=CCCCN(C)S(=O)(=O)c1cnn(CCCN)c1. The van der Waals surface area contributed by atoms with Crippen LogP contribution in [-0.2, 0) is 16.6 Å². The zero-order valence-electron chi connectivity index (χ0n) is 11.3. The number of unbranched alkanes of at least 4 members (excludes halogenated alkanes) is 1. The van der Waals surface area contributed by atoms with E-state index < -0.39 is 10.0 Å². The molecule has 0 aliphatic heterocycles. The normalized spacial score (nSPS) is 11.9. The van der Waals surface area contributed by atoms with E-state index in [1.807, 2.05) is 0 Å². The molecule has 0 fully saturated rings. The van der Waals surface area contributed by atoms with Gasteiger partial charge < -0.3 is 5.73 Å². The Hall–Kier alpha value is -1.18. The van der Waals surface area contributed by atoms with Crippen LogP contribution in [0.3, 0.4) is 0 Å². The third kappa shape index (κ3) is 4.45. The van der Waals surface area contributed by atoms with Crippen LogP contribution in [0.4, 0.5) is 0 Å². The van der Waals surface area contributed by atoms with Gasteiger partial charge >= 0.3 is 0 Å². The predicted octanol–water partition coefficient (Wildman–Crippen LogP) is 0.819. The zero-order valence-corrected chi connectivity index (χ0v) is 12.1. The van der Waals surface area contributed by atoms with Crippen molar-refractivity contribution < 1.29 is 8.42 Å². The van der Waals surface area contributed by atoms with E-state index in [2.05, 4.69) is 11.7 Å². The smallest absolute Gasteiger partial charge is 0.245 e. The summed E-state index contributed by atoms with van der Waals surface area (Å²) in [6.07, 6.45) is 7.06. The third-order valence-electron chi connectivity index (χ3n) is 2.79. The topological polar surface area (TPSA) is 81.2 Å². The number of nitrogens with zero attached hydrogens (tertiary/aromatic N) is 3. The maximum Gasteiger partial charge on any atom is 0.245 e. The number of aryl methyl sites for hydroxylation is 1. The van der Waals surface area contributed by atoms with Crippen LogP contribution in [0.1, 0.15) is 19.3 Å². The Morgan fingerprint density at radius 3 is 2.89 bits per heavy atom. The lowest BCUT2D eigenvalue weighted by atomic mass is 10.3. The first kappa shape index (κ1) is 15.9. The Labute approximate surface area is 114 Å². The standard InChI is InChI=1S/C12H22N4O2S/c1-3-4-5-8-15(2)19(17,18)12-10-14-16(11-12)9-6-7-13/h3,10-11H,1,4-9,13H2,2H3. The summed E-state index contributed by atoms with van der Waals surface area (Å²) in [5.74, 6) is 0. The summed E-state index contributed by atoms with van der Waals surface area (Å²) < 4.78 is 27.4. The summed E-state index contributed by atoms with van der Waals surface area (Å²) in [5.41, 5.74) is 5.41. The van der Waals surface area contributed by atoms with E-state index in [4.69, 9.17) is 5.73 Å². The third-order valence-corrected chi connectivity index (χ3v) is 4.60. The second-order valence-corrected chi connectivity index (χ2v) is 6.38. The maximum atomic E-state index is 12.2. The van der Waals surface area contributed by atoms with Gasteiger partial charge in [-0.1, -0.05) is 6.08 Å². The van der Waals surface area contributed by atoms with Crippen LogP contribution in [0.2, 0.25) is 0 Å². The molecule has 0 bridgehead atoms. The van der Waals surface area contributed by atoms with Crippen molar-refractivity contribution in [2.24, 2.45) is 5.73 Å². The van der Waals surface area contributed by atoms with Gasteiger partial charge in [0.2, 0.25) is 10.0 Å². The average Bonchev–Trinajstić information content (AvgIpc) is 2.85. The fraction of sp³-hybridized carbons (Fsp3) is 0.583. The lowest BCUT2D eigenvalue weighted by Crippen LogP contribution is -2.27. The van der Waals surface area contributed by atoms with Gasteiger partial charge in [0.25, 0.3) is 0 Å². The number of rotatable bonds is 9. The molecule has 0 amide bonds. The van der Waals surface area contributed by atoms with Crippen LogP contribution >= 0.6 is 0 Å². The van der Waals surface area contributed by atoms with E-state index in [-0.39, 0.29) is 4.90 Å². The van der Waals surface area contributed by atoms with Crippen molar-refractivity contribution in [1.82, 2.24) is 14.1 Å². The highest BCUT2D eigenvalue weighted by Crippen LogP contribution is 2.14. The first-order valence-corrected chi connectivity index (χ1v) is 7.76. The molecule has 1 heterocycles. The average molecular weight is 286 g/mol. The monoisotopic (exact) mass is 286 g/mol. The minimum Gasteiger partial charge on any atom is -0.330 e. The Balaban J connectivity index is 2.70. The molecule has 1 aromatic rings. The van der Waals surface area contributed by atoms with Crippen LogP contribution in [0.15, 0.2) is 29.9 Å². The molecule has 0 aliphatic rings. The molecule has 19 heavy (non-hydrogen) atoms. The zero-order chi connectivity index (χ0) is 14.3. The number of aromatic nitrogens is 2. The quantitative estimate of drug-likeness (QED) is 0.538. The first-order valence-electron chi connectivity index (χ1n) is 6.32. The van der Waals surface area contributed by atoms with Gasteiger partial charge in [-0.05, 0) is 25.8 Å². The summed E-state index contributed by atoms with van der Waals surface area (Å²) in [6, 6.07) is 0. The maximum absolute atomic E-state index is 12.2. The lowest BCUT2D eigenvalue weighted by Gasteiger charge is -2.15. The minimum absolute atomic E-state index is 0.227. The highest BCUT2D eigenvalue weighted by molar-refractivity contribution is 7.89. The molecule has 6 nitrogen and oxygen atoms in total. The molecule has 0 radical (unpaired) electrons. The van der Waals surface area contributed by atoms with Gasteiger partial charge in [0.05, 0.1) is 6.20 Å². The summed E-state index contributed by atoms with van der Waals surface area (Å²) in [6.45, 7) is 5.28. The fourth-order valence-electron chi connectivity index (χ4n) is 1.61. The van der Waals surface area contributed by atoms with E-state index in [0.717, 1.165) is 19.3 Å². The van der Waals surface area contributed by atoms with Gasteiger partial charge in [0.1, 0.15) is 4.90 Å². The summed E-state index contributed by atoms with van der Waals surface area (Å²) in [5, 5.41) is 4.04. The largest absolute Gasteiger partial charge is 0.330 e. The summed E-state index contributed by atoms with van der Waals surface area (Å²) in [7, 11) is -1.86. The predicted molar refractivity (Wildman–Crippen MR) is 75.1 cm³/mol. The van der Waals surface area contributed by atoms with Gasteiger partial charge in [-0.3, -0.25) is 4.68 Å². The van der Waals surface area contributed by atoms with Gasteiger partial charge in [-0.25, -0.2) is 12.7 Å². The van der Waals surface area contributed by atoms with Gasteiger partial charge in [0.15, 0.2) is 0 Å². The van der Waals surface area contributed by atoms with Crippen LogP contribution in [-0.4, -0.2) is 42.6 Å². The summed E-state index contributed by atoms with van der Waals surface area (Å²) in [4.78, 5) is 0.227. The van der Waals surface area contributed by atoms with Crippen LogP contribution in [0, 0.1) is 0 Å². The van der Waals surface area contributed by atoms with Crippen molar-refractivity contribution >= 4 is 10.0 Å². The molecule has 0 saturated heterocycles. The number of hydrogen-bond donors (Lipinski definition) is 1. The molecule has 1 rings (SSSR count). The fourth-order valence-corrected chi connectivity index (χ4v) is 2.78. The molecule has 0 unspecified atom stereocenters. The Morgan fingerprint density at radius 2 is 2.26 bits per heavy atom. The lowest BCUT2D eigenvalue weighted by molar-refractivity contribution is 0.462. The highest BCUT2D eigenvalue weighted by Gasteiger charge is 2.21. The Morgan fingerprint density at radius 1 is 1.53 bits per heavy atom. The Bertz CT molecular complexity index is 496. The van der Waals surface area contributed by atoms with Crippen molar-refractivity contribution in [2.75, 3.05) is 20.1 Å². The van der Waals surface area contributed by atoms with Crippen molar-refractivity contribution in [1.29, 1.82) is 0 Å². The summed E-state index contributed by atoms with van der Waals surface area (Å²) >= 11 is 0. The van der Waals surface area contributed by atoms with Crippen molar-refractivity contribution in [2.45, 2.75) is 30.7 Å². The Kier molecular flexibility index (Phi) is 6.20. The van der Waals surface area contributed by atoms with E-state index in [1.165, 1.54) is 10.5 Å². The highest BCUT2D eigenvalue weighted by atomic mass is 32.2. The molecule has 0 saturated carbocycles. The first-order chi connectivity index (χ1) is 9.02. The van der Waals surface area contributed by atoms with E-state index in [1.54, 1.807) is 24.0 Å². The van der Waals surface area contributed by atoms with Crippen molar-refractivity contribution in [3.05, 3.63) is 25.0 Å². The second-order valence-electron chi connectivity index (χ2n) is 4.34. The second kappa shape index (κ2) is 7.42. The number of sulfonamides is 1. The molecule has 2 N–H and O–H groups in total. The molecule has 0 aromatic carbocycles. The molecular formula is C12H22N4O2S. The minimum atomic E-state index is -3.44. The molecule has 7 heteroatoms. The molecule has 0 spiro atoms. The van der Waals surface area contributed by atoms with E-state index in [9.17, 15) is 8.42 Å². The molecule has 0 atom stereocenters. The van der Waals surface area contributed by atoms with E-state index in [0.29, 0.717) is 19.6 Å². The molecule has 0 aliphatic carbocycles. The van der Waals surface area contributed by atoms with Gasteiger partial charge in [-0.2, -0.15) is 5.10 Å². The number of hydrogen-bond acceptors (Lipinski definition) is 4. The van der Waals surface area contributed by atoms with Gasteiger partial charge in [0, 0.05) is 26.3 Å². The molecular weight excluding hydrogens is 264 g/mol. The van der Waals surface area contributed by atoms with Crippen molar-refractivity contribution in [3.63, 3.8) is 0 Å². The van der Waals surface area contributed by atoms with Crippen LogP contribution < -0.4 is 5.73 Å². The van der Waals surface area contributed by atoms with Crippen LogP contribution in [0.5, 0.6) is 0 Å². The number of nitrogens with two attached hydrogens (primary N) is 1. The van der Waals surface area contributed by atoms with Crippen molar-refractivity contribution in [3.8, 4) is 0 Å².